The van der Waals surface area contributed by atoms with Crippen molar-refractivity contribution in [3.05, 3.63) is 54.1 Å². The number of aromatic amines is 1. The third-order valence-corrected chi connectivity index (χ3v) is 4.42. The molecule has 1 aliphatic heterocycles. The summed E-state index contributed by atoms with van der Waals surface area (Å²) < 4.78 is 0. The summed E-state index contributed by atoms with van der Waals surface area (Å²) in [4.78, 5) is 22.5. The van der Waals surface area contributed by atoms with Crippen LogP contribution in [0.25, 0.3) is 22.4 Å². The number of hydrogen-bond donors (Lipinski definition) is 1. The summed E-state index contributed by atoms with van der Waals surface area (Å²) in [5.41, 5.74) is 3.58. The Bertz CT molecular complexity index is 832. The molecule has 0 atom stereocenters. The van der Waals surface area contributed by atoms with Gasteiger partial charge in [-0.05, 0) is 37.5 Å². The highest BCUT2D eigenvalue weighted by Gasteiger charge is 2.18. The highest BCUT2D eigenvalue weighted by Crippen LogP contribution is 2.22. The summed E-state index contributed by atoms with van der Waals surface area (Å²) in [5.74, 6) is 0.964. The van der Waals surface area contributed by atoms with E-state index in [4.69, 9.17) is 0 Å². The number of carbonyl (C=O) groups excluding carboxylic acids is 1. The molecule has 0 radical (unpaired) electrons. The standard InChI is InChI=1S/C19H19N3O/c23-19(22-11-5-2-6-12-22)15-9-10-16-17(13-15)21-18(20-16)14-7-3-1-4-8-14/h1,3-4,7-10,13H,2,5-6,11-12H2,(H,20,21). The van der Waals surface area contributed by atoms with Crippen molar-refractivity contribution in [1.82, 2.24) is 14.9 Å². The van der Waals surface area contributed by atoms with Gasteiger partial charge in [0.25, 0.3) is 5.91 Å². The number of carbonyl (C=O) groups is 1. The molecule has 0 unspecified atom stereocenters. The largest absolute Gasteiger partial charge is 0.339 e. The first kappa shape index (κ1) is 14.0. The summed E-state index contributed by atoms with van der Waals surface area (Å²) in [7, 11) is 0. The van der Waals surface area contributed by atoms with Gasteiger partial charge in [0.1, 0.15) is 5.82 Å². The maximum absolute atomic E-state index is 12.6. The van der Waals surface area contributed by atoms with Crippen LogP contribution < -0.4 is 0 Å². The van der Waals surface area contributed by atoms with Crippen molar-refractivity contribution in [2.75, 3.05) is 13.1 Å². The van der Waals surface area contributed by atoms with Gasteiger partial charge in [-0.2, -0.15) is 0 Å². The van der Waals surface area contributed by atoms with Crippen LogP contribution in [0, 0.1) is 0 Å². The average molecular weight is 305 g/mol. The van der Waals surface area contributed by atoms with Gasteiger partial charge in [-0.1, -0.05) is 30.3 Å². The van der Waals surface area contributed by atoms with Crippen molar-refractivity contribution < 1.29 is 4.79 Å². The van der Waals surface area contributed by atoms with Crippen molar-refractivity contribution >= 4 is 16.9 Å². The second-order valence-electron chi connectivity index (χ2n) is 6.04. The zero-order chi connectivity index (χ0) is 15.6. The molecule has 2 aromatic carbocycles. The van der Waals surface area contributed by atoms with E-state index >= 15 is 0 Å². The summed E-state index contributed by atoms with van der Waals surface area (Å²) in [6.45, 7) is 1.74. The van der Waals surface area contributed by atoms with Crippen LogP contribution in [0.2, 0.25) is 0 Å². The van der Waals surface area contributed by atoms with Crippen molar-refractivity contribution in [2.24, 2.45) is 0 Å². The number of nitrogens with zero attached hydrogens (tertiary/aromatic N) is 2. The topological polar surface area (TPSA) is 49.0 Å². The Morgan fingerprint density at radius 3 is 2.57 bits per heavy atom. The van der Waals surface area contributed by atoms with Crippen molar-refractivity contribution in [2.45, 2.75) is 19.3 Å². The molecule has 4 rings (SSSR count). The monoisotopic (exact) mass is 305 g/mol. The normalized spacial score (nSPS) is 15.0. The predicted octanol–water partition coefficient (Wildman–Crippen LogP) is 3.86. The lowest BCUT2D eigenvalue weighted by atomic mass is 10.1. The molecule has 0 saturated carbocycles. The van der Waals surface area contributed by atoms with Gasteiger partial charge in [-0.3, -0.25) is 4.79 Å². The van der Waals surface area contributed by atoms with Gasteiger partial charge in [0, 0.05) is 24.2 Å². The molecule has 1 saturated heterocycles. The smallest absolute Gasteiger partial charge is 0.253 e. The number of benzene rings is 2. The maximum Gasteiger partial charge on any atom is 0.253 e. The molecule has 3 aromatic rings. The van der Waals surface area contributed by atoms with Crippen LogP contribution >= 0.6 is 0 Å². The number of hydrogen-bond acceptors (Lipinski definition) is 2. The van der Waals surface area contributed by atoms with E-state index in [0.717, 1.165) is 53.9 Å². The number of likely N-dealkylation sites (tertiary alicyclic amines) is 1. The molecule has 2 heterocycles. The minimum Gasteiger partial charge on any atom is -0.339 e. The molecule has 0 spiro atoms. The van der Waals surface area contributed by atoms with E-state index in [1.54, 1.807) is 0 Å². The van der Waals surface area contributed by atoms with Gasteiger partial charge < -0.3 is 9.88 Å². The molecule has 116 valence electrons. The van der Waals surface area contributed by atoms with Crippen LogP contribution in [0.1, 0.15) is 29.6 Å². The van der Waals surface area contributed by atoms with Crippen LogP contribution in [-0.2, 0) is 0 Å². The number of amides is 1. The van der Waals surface area contributed by atoms with E-state index in [1.807, 2.05) is 53.4 Å². The lowest BCUT2D eigenvalue weighted by Gasteiger charge is -2.26. The zero-order valence-electron chi connectivity index (χ0n) is 13.0. The zero-order valence-corrected chi connectivity index (χ0v) is 13.0. The number of aromatic nitrogens is 2. The maximum atomic E-state index is 12.6. The van der Waals surface area contributed by atoms with E-state index in [-0.39, 0.29) is 5.91 Å². The second kappa shape index (κ2) is 5.88. The van der Waals surface area contributed by atoms with Crippen LogP contribution in [0.5, 0.6) is 0 Å². The second-order valence-corrected chi connectivity index (χ2v) is 6.04. The number of imidazole rings is 1. The molecule has 23 heavy (non-hydrogen) atoms. The third-order valence-electron chi connectivity index (χ3n) is 4.42. The molecule has 1 amide bonds. The fourth-order valence-corrected chi connectivity index (χ4v) is 3.15. The highest BCUT2D eigenvalue weighted by atomic mass is 16.2. The number of fused-ring (bicyclic) bond motifs is 1. The van der Waals surface area contributed by atoms with Gasteiger partial charge in [0.2, 0.25) is 0 Å². The lowest BCUT2D eigenvalue weighted by molar-refractivity contribution is 0.0724. The fraction of sp³-hybridized carbons (Fsp3) is 0.263. The minimum atomic E-state index is 0.127. The van der Waals surface area contributed by atoms with E-state index in [1.165, 1.54) is 6.42 Å². The van der Waals surface area contributed by atoms with Gasteiger partial charge >= 0.3 is 0 Å². The number of H-pyrrole nitrogens is 1. The van der Waals surface area contributed by atoms with E-state index in [0.29, 0.717) is 0 Å². The molecule has 1 fully saturated rings. The first-order valence-electron chi connectivity index (χ1n) is 8.16. The van der Waals surface area contributed by atoms with E-state index in [2.05, 4.69) is 9.97 Å². The molecule has 4 heteroatoms. The van der Waals surface area contributed by atoms with Gasteiger partial charge in [0.15, 0.2) is 0 Å². The predicted molar refractivity (Wildman–Crippen MR) is 91.3 cm³/mol. The highest BCUT2D eigenvalue weighted by molar-refractivity contribution is 5.97. The number of rotatable bonds is 2. The minimum absolute atomic E-state index is 0.127. The number of nitrogens with one attached hydrogen (secondary N) is 1. The molecular formula is C19H19N3O. The molecular weight excluding hydrogens is 286 g/mol. The van der Waals surface area contributed by atoms with Crippen LogP contribution in [0.3, 0.4) is 0 Å². The van der Waals surface area contributed by atoms with Crippen molar-refractivity contribution in [3.8, 4) is 11.4 Å². The molecule has 1 aromatic heterocycles. The summed E-state index contributed by atoms with van der Waals surface area (Å²) >= 11 is 0. The lowest BCUT2D eigenvalue weighted by Crippen LogP contribution is -2.35. The Morgan fingerprint density at radius 2 is 1.78 bits per heavy atom. The van der Waals surface area contributed by atoms with Crippen molar-refractivity contribution in [3.63, 3.8) is 0 Å². The summed E-state index contributed by atoms with van der Waals surface area (Å²) in [6.07, 6.45) is 3.44. The number of piperidine rings is 1. The Labute approximate surface area is 135 Å². The van der Waals surface area contributed by atoms with E-state index < -0.39 is 0 Å². The first-order chi connectivity index (χ1) is 11.3. The summed E-state index contributed by atoms with van der Waals surface area (Å²) in [5, 5.41) is 0. The van der Waals surface area contributed by atoms with Gasteiger partial charge in [0.05, 0.1) is 11.0 Å². The molecule has 1 aliphatic rings. The quantitative estimate of drug-likeness (QED) is 0.781. The Balaban J connectivity index is 1.66. The summed E-state index contributed by atoms with van der Waals surface area (Å²) in [6, 6.07) is 15.8. The molecule has 0 bridgehead atoms. The van der Waals surface area contributed by atoms with Crippen molar-refractivity contribution in [1.29, 1.82) is 0 Å². The average Bonchev–Trinajstić information content (AvgIpc) is 3.06. The molecule has 4 nitrogen and oxygen atoms in total. The Kier molecular flexibility index (Phi) is 3.58. The van der Waals surface area contributed by atoms with E-state index in [9.17, 15) is 4.79 Å². The molecule has 0 aliphatic carbocycles. The Hall–Kier alpha value is -2.62. The SMILES string of the molecule is O=C(c1ccc2nc(-c3ccccc3)[nH]c2c1)N1CCCCC1. The fourth-order valence-electron chi connectivity index (χ4n) is 3.15. The van der Waals surface area contributed by atoms with Crippen LogP contribution in [-0.4, -0.2) is 33.9 Å². The first-order valence-corrected chi connectivity index (χ1v) is 8.16. The van der Waals surface area contributed by atoms with Crippen LogP contribution in [0.15, 0.2) is 48.5 Å². The van der Waals surface area contributed by atoms with Gasteiger partial charge in [-0.25, -0.2) is 4.98 Å². The third kappa shape index (κ3) is 2.72. The van der Waals surface area contributed by atoms with Crippen LogP contribution in [0.4, 0.5) is 0 Å². The molecule has 1 N–H and O–H groups in total. The van der Waals surface area contributed by atoms with Gasteiger partial charge in [-0.15, -0.1) is 0 Å². The Morgan fingerprint density at radius 1 is 1.00 bits per heavy atom.